The molecule has 0 radical (unpaired) electrons. The number of aliphatic hydroxyl groups excluding tert-OH is 1. The average Bonchev–Trinajstić information content (AvgIpc) is 2.38. The third-order valence-electron chi connectivity index (χ3n) is 2.69. The Morgan fingerprint density at radius 1 is 1.11 bits per heavy atom. The number of rotatable bonds is 4. The van der Waals surface area contributed by atoms with Crippen LogP contribution in [0.2, 0.25) is 0 Å². The molecule has 1 aromatic rings. The fourth-order valence-corrected chi connectivity index (χ4v) is 1.47. The molecule has 0 saturated heterocycles. The number of aliphatic hydroxyl groups is 1. The third-order valence-corrected chi connectivity index (χ3v) is 2.69. The van der Waals surface area contributed by atoms with Gasteiger partial charge in [0.25, 0.3) is 0 Å². The first-order valence-corrected chi connectivity index (χ1v) is 6.26. The van der Waals surface area contributed by atoms with E-state index in [0.29, 0.717) is 11.6 Å². The predicted octanol–water partition coefficient (Wildman–Crippen LogP) is 1.25. The molecule has 2 amide bonds. The standard InChI is InChI=1S/C14H20N2O3/c1-9(2)11-4-6-12(7-5-11)16-14(19)13(18)15-10(3)8-17/h4-7,9-10,17H,8H2,1-3H3,(H,15,18)(H,16,19). The van der Waals surface area contributed by atoms with Crippen LogP contribution in [0, 0.1) is 0 Å². The maximum Gasteiger partial charge on any atom is 0.313 e. The first-order valence-electron chi connectivity index (χ1n) is 6.26. The summed E-state index contributed by atoms with van der Waals surface area (Å²) in [7, 11) is 0. The van der Waals surface area contributed by atoms with Crippen molar-refractivity contribution in [1.29, 1.82) is 0 Å². The Balaban J connectivity index is 2.59. The topological polar surface area (TPSA) is 78.4 Å². The number of hydrogen-bond donors (Lipinski definition) is 3. The van der Waals surface area contributed by atoms with Crippen LogP contribution in [0.25, 0.3) is 0 Å². The summed E-state index contributed by atoms with van der Waals surface area (Å²) in [5, 5.41) is 13.7. The molecule has 0 saturated carbocycles. The molecule has 0 aliphatic rings. The van der Waals surface area contributed by atoms with Crippen molar-refractivity contribution in [2.75, 3.05) is 11.9 Å². The van der Waals surface area contributed by atoms with Crippen LogP contribution in [0.3, 0.4) is 0 Å². The highest BCUT2D eigenvalue weighted by molar-refractivity contribution is 6.39. The lowest BCUT2D eigenvalue weighted by Gasteiger charge is -2.11. The Kier molecular flexibility index (Phi) is 5.51. The van der Waals surface area contributed by atoms with Crippen LogP contribution in [0.4, 0.5) is 5.69 Å². The molecule has 1 unspecified atom stereocenters. The van der Waals surface area contributed by atoms with Crippen molar-refractivity contribution in [2.24, 2.45) is 0 Å². The Bertz CT molecular complexity index is 441. The van der Waals surface area contributed by atoms with E-state index in [-0.39, 0.29) is 6.61 Å². The van der Waals surface area contributed by atoms with Gasteiger partial charge in [0.05, 0.1) is 6.61 Å². The van der Waals surface area contributed by atoms with Gasteiger partial charge in [0.2, 0.25) is 0 Å². The monoisotopic (exact) mass is 264 g/mol. The van der Waals surface area contributed by atoms with Crippen molar-refractivity contribution >= 4 is 17.5 Å². The molecule has 0 fully saturated rings. The minimum atomic E-state index is -0.755. The van der Waals surface area contributed by atoms with Gasteiger partial charge >= 0.3 is 11.8 Å². The van der Waals surface area contributed by atoms with Crippen molar-refractivity contribution in [3.05, 3.63) is 29.8 Å². The molecular formula is C14H20N2O3. The maximum absolute atomic E-state index is 11.6. The number of nitrogens with one attached hydrogen (secondary N) is 2. The predicted molar refractivity (Wildman–Crippen MR) is 73.9 cm³/mol. The quantitative estimate of drug-likeness (QED) is 0.716. The van der Waals surface area contributed by atoms with Crippen LogP contribution in [0.15, 0.2) is 24.3 Å². The zero-order valence-corrected chi connectivity index (χ0v) is 11.4. The summed E-state index contributed by atoms with van der Waals surface area (Å²) in [5.41, 5.74) is 1.73. The van der Waals surface area contributed by atoms with Crippen LogP contribution in [0.5, 0.6) is 0 Å². The van der Waals surface area contributed by atoms with Crippen LogP contribution < -0.4 is 10.6 Å². The van der Waals surface area contributed by atoms with E-state index in [1.807, 2.05) is 12.1 Å². The van der Waals surface area contributed by atoms with E-state index in [0.717, 1.165) is 5.56 Å². The van der Waals surface area contributed by atoms with E-state index < -0.39 is 17.9 Å². The lowest BCUT2D eigenvalue weighted by atomic mass is 10.0. The van der Waals surface area contributed by atoms with Gasteiger partial charge in [0, 0.05) is 11.7 Å². The van der Waals surface area contributed by atoms with Gasteiger partial charge in [-0.15, -0.1) is 0 Å². The number of anilines is 1. The summed E-state index contributed by atoms with van der Waals surface area (Å²) in [6.45, 7) is 5.57. The highest BCUT2D eigenvalue weighted by atomic mass is 16.3. The lowest BCUT2D eigenvalue weighted by molar-refractivity contribution is -0.136. The molecule has 104 valence electrons. The number of carbonyl (C=O) groups is 2. The second kappa shape index (κ2) is 6.89. The normalized spacial score (nSPS) is 12.1. The molecule has 1 rings (SSSR count). The van der Waals surface area contributed by atoms with E-state index in [4.69, 9.17) is 5.11 Å². The molecule has 5 nitrogen and oxygen atoms in total. The number of carbonyl (C=O) groups excluding carboxylic acids is 2. The maximum atomic E-state index is 11.6. The molecule has 1 atom stereocenters. The van der Waals surface area contributed by atoms with Gasteiger partial charge in [-0.05, 0) is 30.5 Å². The summed E-state index contributed by atoms with van der Waals surface area (Å²) in [4.78, 5) is 23.0. The van der Waals surface area contributed by atoms with E-state index in [2.05, 4.69) is 24.5 Å². The lowest BCUT2D eigenvalue weighted by Crippen LogP contribution is -2.42. The fraction of sp³-hybridized carbons (Fsp3) is 0.429. The largest absolute Gasteiger partial charge is 0.394 e. The molecule has 5 heteroatoms. The molecule has 3 N–H and O–H groups in total. The zero-order valence-electron chi connectivity index (χ0n) is 11.4. The fourth-order valence-electron chi connectivity index (χ4n) is 1.47. The minimum absolute atomic E-state index is 0.206. The molecular weight excluding hydrogens is 244 g/mol. The summed E-state index contributed by atoms with van der Waals surface area (Å²) in [5.74, 6) is -1.08. The van der Waals surface area contributed by atoms with E-state index in [1.54, 1.807) is 19.1 Å². The number of amides is 2. The van der Waals surface area contributed by atoms with Crippen molar-refractivity contribution in [2.45, 2.75) is 32.7 Å². The number of benzene rings is 1. The first-order chi connectivity index (χ1) is 8.93. The molecule has 0 spiro atoms. The number of hydrogen-bond acceptors (Lipinski definition) is 3. The van der Waals surface area contributed by atoms with Crippen LogP contribution in [-0.4, -0.2) is 29.6 Å². The van der Waals surface area contributed by atoms with Crippen molar-refractivity contribution in [3.8, 4) is 0 Å². The molecule has 1 aromatic carbocycles. The molecule has 0 bridgehead atoms. The average molecular weight is 264 g/mol. The van der Waals surface area contributed by atoms with Gasteiger partial charge in [0.15, 0.2) is 0 Å². The van der Waals surface area contributed by atoms with E-state index in [1.165, 1.54) is 0 Å². The highest BCUT2D eigenvalue weighted by Crippen LogP contribution is 2.16. The van der Waals surface area contributed by atoms with E-state index >= 15 is 0 Å². The second-order valence-corrected chi connectivity index (χ2v) is 4.79. The van der Waals surface area contributed by atoms with Gasteiger partial charge < -0.3 is 15.7 Å². The van der Waals surface area contributed by atoms with Gasteiger partial charge in [-0.1, -0.05) is 26.0 Å². The minimum Gasteiger partial charge on any atom is -0.394 e. The smallest absolute Gasteiger partial charge is 0.313 e. The van der Waals surface area contributed by atoms with Gasteiger partial charge in [0.1, 0.15) is 0 Å². The molecule has 0 heterocycles. The zero-order chi connectivity index (χ0) is 14.4. The summed E-state index contributed by atoms with van der Waals surface area (Å²) in [6.07, 6.45) is 0. The Hall–Kier alpha value is -1.88. The van der Waals surface area contributed by atoms with Crippen LogP contribution in [-0.2, 0) is 9.59 Å². The van der Waals surface area contributed by atoms with Crippen molar-refractivity contribution in [1.82, 2.24) is 5.32 Å². The van der Waals surface area contributed by atoms with Crippen molar-refractivity contribution in [3.63, 3.8) is 0 Å². The highest BCUT2D eigenvalue weighted by Gasteiger charge is 2.15. The van der Waals surface area contributed by atoms with Gasteiger partial charge in [-0.3, -0.25) is 9.59 Å². The van der Waals surface area contributed by atoms with Gasteiger partial charge in [-0.25, -0.2) is 0 Å². The SMILES string of the molecule is CC(CO)NC(=O)C(=O)Nc1ccc(C(C)C)cc1. The van der Waals surface area contributed by atoms with E-state index in [9.17, 15) is 9.59 Å². The molecule has 19 heavy (non-hydrogen) atoms. The summed E-state index contributed by atoms with van der Waals surface area (Å²) in [6, 6.07) is 6.90. The Morgan fingerprint density at radius 2 is 1.68 bits per heavy atom. The molecule has 0 aliphatic heterocycles. The summed E-state index contributed by atoms with van der Waals surface area (Å²) < 4.78 is 0. The second-order valence-electron chi connectivity index (χ2n) is 4.79. The molecule has 0 aromatic heterocycles. The Labute approximate surface area is 113 Å². The van der Waals surface area contributed by atoms with Crippen molar-refractivity contribution < 1.29 is 14.7 Å². The van der Waals surface area contributed by atoms with Crippen LogP contribution >= 0.6 is 0 Å². The molecule has 0 aliphatic carbocycles. The third kappa shape index (κ3) is 4.71. The van der Waals surface area contributed by atoms with Gasteiger partial charge in [-0.2, -0.15) is 0 Å². The Morgan fingerprint density at radius 3 is 2.16 bits per heavy atom. The summed E-state index contributed by atoms with van der Waals surface area (Å²) >= 11 is 0. The van der Waals surface area contributed by atoms with Crippen LogP contribution in [0.1, 0.15) is 32.3 Å². The first kappa shape index (κ1) is 15.2.